The first kappa shape index (κ1) is 16.8. The molecule has 0 aromatic heterocycles. The molecule has 0 aliphatic heterocycles. The summed E-state index contributed by atoms with van der Waals surface area (Å²) in [6.45, 7) is 3.43. The number of nitrogens with one attached hydrogen (secondary N) is 1. The number of hydrogen-bond donors (Lipinski definition) is 2. The molecule has 112 valence electrons. The molecule has 1 amide bonds. The molecule has 0 saturated heterocycles. The molecule has 0 fully saturated rings. The third-order valence-electron chi connectivity index (χ3n) is 2.64. The van der Waals surface area contributed by atoms with Gasteiger partial charge in [0, 0.05) is 34.4 Å². The van der Waals surface area contributed by atoms with Crippen LogP contribution in [0.4, 0.5) is 0 Å². The first-order valence-electron chi connectivity index (χ1n) is 5.85. The number of carbonyl (C=O) groups excluding carboxylic acids is 1. The summed E-state index contributed by atoms with van der Waals surface area (Å²) in [4.78, 5) is 12.0. The number of hydrogen-bond acceptors (Lipinski definition) is 4. The van der Waals surface area contributed by atoms with E-state index in [-0.39, 0.29) is 16.5 Å². The van der Waals surface area contributed by atoms with Crippen molar-refractivity contribution in [2.45, 2.75) is 24.8 Å². The maximum Gasteiger partial charge on any atom is 0.251 e. The zero-order chi connectivity index (χ0) is 15.5. The molecule has 20 heavy (non-hydrogen) atoms. The van der Waals surface area contributed by atoms with E-state index in [9.17, 15) is 17.4 Å². The molecular weight excluding hydrogens is 300 g/mol. The zero-order valence-electron chi connectivity index (χ0n) is 11.5. The normalized spacial score (nSPS) is 14.6. The summed E-state index contributed by atoms with van der Waals surface area (Å²) in [6.07, 6.45) is 1.55. The smallest absolute Gasteiger partial charge is 0.251 e. The van der Waals surface area contributed by atoms with Crippen molar-refractivity contribution in [1.82, 2.24) is 5.32 Å². The van der Waals surface area contributed by atoms with Crippen molar-refractivity contribution >= 4 is 26.7 Å². The van der Waals surface area contributed by atoms with Crippen LogP contribution in [-0.4, -0.2) is 36.6 Å². The predicted molar refractivity (Wildman–Crippen MR) is 78.4 cm³/mol. The third kappa shape index (κ3) is 4.69. The summed E-state index contributed by atoms with van der Waals surface area (Å²) >= 11 is 0. The summed E-state index contributed by atoms with van der Waals surface area (Å²) in [6, 6.07) is 3.85. The van der Waals surface area contributed by atoms with Gasteiger partial charge in [-0.25, -0.2) is 13.6 Å². The molecule has 0 bridgehead atoms. The van der Waals surface area contributed by atoms with Crippen molar-refractivity contribution in [2.75, 3.05) is 12.0 Å². The topological polar surface area (TPSA) is 106 Å². The van der Waals surface area contributed by atoms with Gasteiger partial charge in [0.2, 0.25) is 10.0 Å². The van der Waals surface area contributed by atoms with E-state index in [2.05, 4.69) is 5.32 Å². The van der Waals surface area contributed by atoms with Crippen molar-refractivity contribution in [2.24, 2.45) is 5.14 Å². The van der Waals surface area contributed by atoms with Crippen LogP contribution in [0.15, 0.2) is 23.1 Å². The summed E-state index contributed by atoms with van der Waals surface area (Å²) in [5, 5.41) is 7.72. The summed E-state index contributed by atoms with van der Waals surface area (Å²) < 4.78 is 33.7. The van der Waals surface area contributed by atoms with Gasteiger partial charge >= 0.3 is 0 Å². The fourth-order valence-corrected chi connectivity index (χ4v) is 3.05. The Kier molecular flexibility index (Phi) is 5.43. The highest BCUT2D eigenvalue weighted by Gasteiger charge is 2.16. The average Bonchev–Trinajstić information content (AvgIpc) is 2.26. The monoisotopic (exact) mass is 318 g/mol. The predicted octanol–water partition coefficient (Wildman–Crippen LogP) is 0.139. The second kappa shape index (κ2) is 6.47. The van der Waals surface area contributed by atoms with Gasteiger partial charge in [0.25, 0.3) is 5.91 Å². The minimum atomic E-state index is -3.85. The molecule has 2 unspecified atom stereocenters. The van der Waals surface area contributed by atoms with Gasteiger partial charge in [-0.3, -0.25) is 9.00 Å². The highest BCUT2D eigenvalue weighted by molar-refractivity contribution is 7.89. The fourth-order valence-electron chi connectivity index (χ4n) is 1.72. The first-order valence-corrected chi connectivity index (χ1v) is 9.13. The number of nitrogens with two attached hydrogens (primary N) is 1. The van der Waals surface area contributed by atoms with E-state index >= 15 is 0 Å². The van der Waals surface area contributed by atoms with E-state index < -0.39 is 26.7 Å². The highest BCUT2D eigenvalue weighted by atomic mass is 32.2. The lowest BCUT2D eigenvalue weighted by Crippen LogP contribution is -2.36. The second-order valence-corrected chi connectivity index (χ2v) is 7.68. The molecule has 0 saturated carbocycles. The van der Waals surface area contributed by atoms with Crippen molar-refractivity contribution in [3.63, 3.8) is 0 Å². The minimum Gasteiger partial charge on any atom is -0.349 e. The highest BCUT2D eigenvalue weighted by Crippen LogP contribution is 2.14. The van der Waals surface area contributed by atoms with Crippen molar-refractivity contribution in [3.8, 4) is 0 Å². The number of amides is 1. The summed E-state index contributed by atoms with van der Waals surface area (Å²) in [5.74, 6) is -0.0782. The van der Waals surface area contributed by atoms with Crippen molar-refractivity contribution < 1.29 is 17.4 Å². The lowest BCUT2D eigenvalue weighted by molar-refractivity contribution is 0.0943. The molecule has 0 heterocycles. The maximum atomic E-state index is 12.1. The molecule has 6 nitrogen and oxygen atoms in total. The standard InChI is InChI=1S/C12H18N2O4S2/c1-8-4-5-10(20(13,17)18)6-11(8)12(15)14-9(2)7-19(3)16/h4-6,9H,7H2,1-3H3,(H,14,15)(H2,13,17,18). The van der Waals surface area contributed by atoms with E-state index in [1.54, 1.807) is 20.1 Å². The van der Waals surface area contributed by atoms with Gasteiger partial charge in [-0.2, -0.15) is 0 Å². The molecule has 0 aliphatic carbocycles. The summed E-state index contributed by atoms with van der Waals surface area (Å²) in [7, 11) is -4.87. The van der Waals surface area contributed by atoms with Crippen LogP contribution in [0.5, 0.6) is 0 Å². The van der Waals surface area contributed by atoms with Crippen LogP contribution in [-0.2, 0) is 20.8 Å². The molecule has 2 atom stereocenters. The summed E-state index contributed by atoms with van der Waals surface area (Å²) in [5.41, 5.74) is 0.880. The van der Waals surface area contributed by atoms with Crippen LogP contribution < -0.4 is 10.5 Å². The van der Waals surface area contributed by atoms with E-state index in [0.29, 0.717) is 11.3 Å². The zero-order valence-corrected chi connectivity index (χ0v) is 13.2. The Morgan fingerprint density at radius 2 is 2.05 bits per heavy atom. The van der Waals surface area contributed by atoms with Crippen LogP contribution in [0.25, 0.3) is 0 Å². The van der Waals surface area contributed by atoms with Gasteiger partial charge in [-0.15, -0.1) is 0 Å². The van der Waals surface area contributed by atoms with E-state index in [1.807, 2.05) is 0 Å². The molecule has 0 spiro atoms. The Morgan fingerprint density at radius 1 is 1.45 bits per heavy atom. The molecule has 1 rings (SSSR count). The number of rotatable bonds is 5. The van der Waals surface area contributed by atoms with Gasteiger partial charge < -0.3 is 5.32 Å². The van der Waals surface area contributed by atoms with Crippen LogP contribution in [0, 0.1) is 6.92 Å². The minimum absolute atomic E-state index is 0.111. The Morgan fingerprint density at radius 3 is 2.55 bits per heavy atom. The second-order valence-electron chi connectivity index (χ2n) is 4.64. The van der Waals surface area contributed by atoms with Gasteiger partial charge in [0.1, 0.15) is 0 Å². The molecule has 3 N–H and O–H groups in total. The number of aryl methyl sites for hydroxylation is 1. The Bertz CT molecular complexity index is 641. The molecule has 1 aromatic carbocycles. The molecule has 0 aliphatic rings. The lowest BCUT2D eigenvalue weighted by atomic mass is 10.1. The van der Waals surface area contributed by atoms with Gasteiger partial charge in [-0.05, 0) is 31.5 Å². The number of carbonyl (C=O) groups is 1. The first-order chi connectivity index (χ1) is 9.11. The maximum absolute atomic E-state index is 12.1. The van der Waals surface area contributed by atoms with E-state index in [0.717, 1.165) is 0 Å². The van der Waals surface area contributed by atoms with Crippen molar-refractivity contribution in [3.05, 3.63) is 29.3 Å². The SMILES string of the molecule is Cc1ccc(S(N)(=O)=O)cc1C(=O)NC(C)CS(C)=O. The fraction of sp³-hybridized carbons (Fsp3) is 0.417. The molecular formula is C12H18N2O4S2. The van der Waals surface area contributed by atoms with Gasteiger partial charge in [0.05, 0.1) is 4.90 Å². The van der Waals surface area contributed by atoms with Crippen LogP contribution in [0.3, 0.4) is 0 Å². The number of primary sulfonamides is 1. The Labute approximate surface area is 121 Å². The largest absolute Gasteiger partial charge is 0.349 e. The molecule has 8 heteroatoms. The lowest BCUT2D eigenvalue weighted by Gasteiger charge is -2.14. The van der Waals surface area contributed by atoms with Crippen LogP contribution in [0.2, 0.25) is 0 Å². The number of sulfonamides is 1. The third-order valence-corrected chi connectivity index (χ3v) is 4.52. The van der Waals surface area contributed by atoms with Crippen molar-refractivity contribution in [1.29, 1.82) is 0 Å². The van der Waals surface area contributed by atoms with Crippen LogP contribution >= 0.6 is 0 Å². The number of benzene rings is 1. The Balaban J connectivity index is 3.01. The van der Waals surface area contributed by atoms with Gasteiger partial charge in [0.15, 0.2) is 0 Å². The van der Waals surface area contributed by atoms with Crippen LogP contribution in [0.1, 0.15) is 22.8 Å². The van der Waals surface area contributed by atoms with E-state index in [4.69, 9.17) is 5.14 Å². The van der Waals surface area contributed by atoms with E-state index in [1.165, 1.54) is 18.2 Å². The average molecular weight is 318 g/mol. The quantitative estimate of drug-likeness (QED) is 0.805. The Hall–Kier alpha value is -1.25. The van der Waals surface area contributed by atoms with Gasteiger partial charge in [-0.1, -0.05) is 6.07 Å². The molecule has 1 aromatic rings. The molecule has 0 radical (unpaired) electrons.